The van der Waals surface area contributed by atoms with Crippen molar-refractivity contribution in [1.82, 2.24) is 5.32 Å². The topological polar surface area (TPSA) is 69.6 Å². The van der Waals surface area contributed by atoms with Crippen molar-refractivity contribution in [2.75, 3.05) is 12.4 Å². The molecule has 0 amide bonds. The predicted octanol–water partition coefficient (Wildman–Crippen LogP) is 0.942. The van der Waals surface area contributed by atoms with E-state index >= 15 is 0 Å². The highest BCUT2D eigenvalue weighted by atomic mass is 32.2. The van der Waals surface area contributed by atoms with Gasteiger partial charge in [-0.1, -0.05) is 20.8 Å². The number of hydrogen-bond acceptors (Lipinski definition) is 4. The highest BCUT2D eigenvalue weighted by Crippen LogP contribution is 2.15. The second kappa shape index (κ2) is 7.96. The molecule has 0 fully saturated rings. The molecule has 0 aromatic carbocycles. The van der Waals surface area contributed by atoms with Crippen molar-refractivity contribution in [2.45, 2.75) is 44.5 Å². The molecular weight excluding hydrogens is 214 g/mol. The normalized spacial score (nSPS) is 15.3. The number of aliphatic hydroxyl groups excluding tert-OH is 1. The first-order valence-corrected chi connectivity index (χ1v) is 6.23. The fourth-order valence-electron chi connectivity index (χ4n) is 1.12. The zero-order valence-corrected chi connectivity index (χ0v) is 10.4. The molecule has 0 aromatic heterocycles. The van der Waals surface area contributed by atoms with Gasteiger partial charge in [-0.2, -0.15) is 11.8 Å². The maximum absolute atomic E-state index is 10.9. The summed E-state index contributed by atoms with van der Waals surface area (Å²) in [7, 11) is 0. The lowest BCUT2D eigenvalue weighted by Gasteiger charge is -2.18. The molecule has 0 aromatic rings. The summed E-state index contributed by atoms with van der Waals surface area (Å²) in [6.45, 7) is 6.01. The number of aliphatic carboxylic acids is 1. The van der Waals surface area contributed by atoms with E-state index in [-0.39, 0.29) is 12.6 Å². The van der Waals surface area contributed by atoms with Crippen LogP contribution < -0.4 is 5.32 Å². The summed E-state index contributed by atoms with van der Waals surface area (Å²) in [6.07, 6.45) is 0.707. The lowest BCUT2D eigenvalue weighted by molar-refractivity contribution is -0.139. The van der Waals surface area contributed by atoms with Crippen molar-refractivity contribution in [3.63, 3.8) is 0 Å². The third-order valence-corrected chi connectivity index (χ3v) is 3.25. The Kier molecular flexibility index (Phi) is 7.82. The summed E-state index contributed by atoms with van der Waals surface area (Å²) in [5.41, 5.74) is 0. The molecule has 0 aliphatic rings. The monoisotopic (exact) mass is 235 g/mol. The van der Waals surface area contributed by atoms with Crippen molar-refractivity contribution < 1.29 is 15.0 Å². The molecule has 0 saturated heterocycles. The van der Waals surface area contributed by atoms with Gasteiger partial charge in [-0.3, -0.25) is 4.79 Å². The third-order valence-electron chi connectivity index (χ3n) is 1.92. The number of rotatable bonds is 8. The molecule has 0 saturated carbocycles. The van der Waals surface area contributed by atoms with E-state index in [4.69, 9.17) is 10.2 Å². The second-order valence-electron chi connectivity index (χ2n) is 3.87. The Bertz CT molecular complexity index is 188. The van der Waals surface area contributed by atoms with Crippen LogP contribution in [-0.4, -0.2) is 45.9 Å². The molecule has 4 nitrogen and oxygen atoms in total. The van der Waals surface area contributed by atoms with Crippen molar-refractivity contribution in [1.29, 1.82) is 0 Å². The molecule has 0 aliphatic carbocycles. The van der Waals surface area contributed by atoms with E-state index in [2.05, 4.69) is 5.32 Å². The minimum Gasteiger partial charge on any atom is -0.480 e. The molecule has 0 rings (SSSR count). The molecule has 2 unspecified atom stereocenters. The molecule has 3 N–H and O–H groups in total. The first-order chi connectivity index (χ1) is 6.97. The van der Waals surface area contributed by atoms with E-state index < -0.39 is 12.0 Å². The molecule has 15 heavy (non-hydrogen) atoms. The Morgan fingerprint density at radius 3 is 2.40 bits per heavy atom. The number of carbonyl (C=O) groups is 1. The number of aliphatic hydroxyl groups is 1. The van der Waals surface area contributed by atoms with Crippen LogP contribution in [0.25, 0.3) is 0 Å². The van der Waals surface area contributed by atoms with Crippen molar-refractivity contribution in [3.05, 3.63) is 0 Å². The van der Waals surface area contributed by atoms with Crippen LogP contribution in [0, 0.1) is 0 Å². The van der Waals surface area contributed by atoms with Crippen LogP contribution in [0.15, 0.2) is 0 Å². The molecule has 0 heterocycles. The van der Waals surface area contributed by atoms with Gasteiger partial charge in [-0.05, 0) is 6.42 Å². The average Bonchev–Trinajstić information content (AvgIpc) is 2.11. The van der Waals surface area contributed by atoms with Crippen molar-refractivity contribution in [2.24, 2.45) is 0 Å². The molecule has 0 radical (unpaired) electrons. The number of carboxylic acid groups (broad SMARTS) is 1. The molecule has 2 atom stereocenters. The minimum atomic E-state index is -0.813. The Morgan fingerprint density at radius 2 is 2.00 bits per heavy atom. The lowest BCUT2D eigenvalue weighted by Crippen LogP contribution is -2.42. The van der Waals surface area contributed by atoms with Gasteiger partial charge >= 0.3 is 5.97 Å². The second-order valence-corrected chi connectivity index (χ2v) is 5.34. The van der Waals surface area contributed by atoms with Gasteiger partial charge in [0.05, 0.1) is 0 Å². The van der Waals surface area contributed by atoms with Crippen LogP contribution in [0.2, 0.25) is 0 Å². The first-order valence-electron chi connectivity index (χ1n) is 5.18. The standard InChI is InChI=1S/C10H21NO3S/c1-7(2)11-9(10(13)14)6-15-8(3)4-5-12/h7-9,11-12H,4-6H2,1-3H3,(H,13,14). The zero-order valence-electron chi connectivity index (χ0n) is 9.56. The van der Waals surface area contributed by atoms with E-state index in [9.17, 15) is 4.79 Å². The molecule has 90 valence electrons. The summed E-state index contributed by atoms with van der Waals surface area (Å²) in [6, 6.07) is -0.337. The van der Waals surface area contributed by atoms with Crippen molar-refractivity contribution >= 4 is 17.7 Å². The van der Waals surface area contributed by atoms with Gasteiger partial charge in [0.15, 0.2) is 0 Å². The Labute approximate surface area is 95.4 Å². The fraction of sp³-hybridized carbons (Fsp3) is 0.900. The van der Waals surface area contributed by atoms with E-state index in [1.807, 2.05) is 20.8 Å². The minimum absolute atomic E-state index is 0.156. The quantitative estimate of drug-likeness (QED) is 0.584. The SMILES string of the molecule is CC(C)NC(CSC(C)CCO)C(=O)O. The number of thioether (sulfide) groups is 1. The van der Waals surface area contributed by atoms with Gasteiger partial charge in [0.2, 0.25) is 0 Å². The summed E-state index contributed by atoms with van der Waals surface area (Å²) in [4.78, 5) is 10.9. The summed E-state index contributed by atoms with van der Waals surface area (Å²) in [5, 5.41) is 20.9. The average molecular weight is 235 g/mol. The first kappa shape index (κ1) is 14.7. The fourth-order valence-corrected chi connectivity index (χ4v) is 2.15. The predicted molar refractivity (Wildman–Crippen MR) is 63.3 cm³/mol. The highest BCUT2D eigenvalue weighted by Gasteiger charge is 2.18. The number of carboxylic acids is 1. The van der Waals surface area contributed by atoms with Gasteiger partial charge in [-0.25, -0.2) is 0 Å². The number of nitrogens with one attached hydrogen (secondary N) is 1. The van der Waals surface area contributed by atoms with Gasteiger partial charge in [0, 0.05) is 23.7 Å². The molecule has 5 heteroatoms. The van der Waals surface area contributed by atoms with Crippen LogP contribution in [0.5, 0.6) is 0 Å². The highest BCUT2D eigenvalue weighted by molar-refractivity contribution is 7.99. The summed E-state index contributed by atoms with van der Waals surface area (Å²) >= 11 is 1.58. The van der Waals surface area contributed by atoms with E-state index in [0.29, 0.717) is 17.4 Å². The Hall–Kier alpha value is -0.260. The van der Waals surface area contributed by atoms with Crippen molar-refractivity contribution in [3.8, 4) is 0 Å². The third kappa shape index (κ3) is 7.64. The zero-order chi connectivity index (χ0) is 11.8. The van der Waals surface area contributed by atoms with Crippen LogP contribution >= 0.6 is 11.8 Å². The smallest absolute Gasteiger partial charge is 0.321 e. The lowest BCUT2D eigenvalue weighted by atomic mass is 10.3. The number of hydrogen-bond donors (Lipinski definition) is 3. The molecule has 0 bridgehead atoms. The molecule has 0 aliphatic heterocycles. The Balaban J connectivity index is 3.90. The summed E-state index contributed by atoms with van der Waals surface area (Å²) in [5.74, 6) is -0.276. The maximum Gasteiger partial charge on any atom is 0.321 e. The van der Waals surface area contributed by atoms with Gasteiger partial charge < -0.3 is 15.5 Å². The largest absolute Gasteiger partial charge is 0.480 e. The van der Waals surface area contributed by atoms with E-state index in [0.717, 1.165) is 0 Å². The van der Waals surface area contributed by atoms with Crippen LogP contribution in [0.1, 0.15) is 27.2 Å². The van der Waals surface area contributed by atoms with Gasteiger partial charge in [0.25, 0.3) is 0 Å². The van der Waals surface area contributed by atoms with E-state index in [1.165, 1.54) is 0 Å². The van der Waals surface area contributed by atoms with Gasteiger partial charge in [-0.15, -0.1) is 0 Å². The van der Waals surface area contributed by atoms with Crippen LogP contribution in [-0.2, 0) is 4.79 Å². The van der Waals surface area contributed by atoms with Gasteiger partial charge in [0.1, 0.15) is 6.04 Å². The van der Waals surface area contributed by atoms with E-state index in [1.54, 1.807) is 11.8 Å². The Morgan fingerprint density at radius 1 is 1.40 bits per heavy atom. The van der Waals surface area contributed by atoms with Crippen LogP contribution in [0.4, 0.5) is 0 Å². The maximum atomic E-state index is 10.9. The molecular formula is C10H21NO3S. The molecule has 0 spiro atoms. The summed E-state index contributed by atoms with van der Waals surface area (Å²) < 4.78 is 0. The van der Waals surface area contributed by atoms with Crippen LogP contribution in [0.3, 0.4) is 0 Å².